The second kappa shape index (κ2) is 6.11. The zero-order valence-corrected chi connectivity index (χ0v) is 10.7. The molecule has 5 heteroatoms. The van der Waals surface area contributed by atoms with Crippen LogP contribution in [0.3, 0.4) is 0 Å². The second-order valence-electron chi connectivity index (χ2n) is 3.84. The maximum absolute atomic E-state index is 10.4. The van der Waals surface area contributed by atoms with E-state index in [9.17, 15) is 9.90 Å². The minimum atomic E-state index is 0.107. The van der Waals surface area contributed by atoms with E-state index in [0.717, 1.165) is 6.29 Å². The zero-order chi connectivity index (χ0) is 13.7. The van der Waals surface area contributed by atoms with E-state index in [0.29, 0.717) is 22.0 Å². The van der Waals surface area contributed by atoms with Crippen LogP contribution in [0.5, 0.6) is 5.75 Å². The number of carbonyl (C=O) groups excluding carboxylic acids is 1. The molecule has 2 rings (SSSR count). The standard InChI is InChI=1S/C14H11ClN2O2/c15-11-1-2-14(19)10(7-11)9-17-12-3-5-16-13(8-12)4-6-18/h1-3,5-9,19H,4H2. The van der Waals surface area contributed by atoms with Crippen molar-refractivity contribution in [3.05, 3.63) is 52.8 Å². The molecule has 0 aliphatic rings. The van der Waals surface area contributed by atoms with Gasteiger partial charge in [-0.15, -0.1) is 0 Å². The number of rotatable bonds is 4. The zero-order valence-electron chi connectivity index (χ0n) is 9.95. The number of nitrogens with zero attached hydrogens (tertiary/aromatic N) is 2. The highest BCUT2D eigenvalue weighted by atomic mass is 35.5. The fourth-order valence-electron chi connectivity index (χ4n) is 1.52. The number of aromatic nitrogens is 1. The van der Waals surface area contributed by atoms with E-state index >= 15 is 0 Å². The van der Waals surface area contributed by atoms with Crippen LogP contribution in [0.1, 0.15) is 11.3 Å². The van der Waals surface area contributed by atoms with Crippen LogP contribution in [0.15, 0.2) is 41.5 Å². The lowest BCUT2D eigenvalue weighted by Crippen LogP contribution is -1.89. The number of aldehydes is 1. The predicted octanol–water partition coefficient (Wildman–Crippen LogP) is 2.93. The van der Waals surface area contributed by atoms with E-state index in [-0.39, 0.29) is 12.2 Å². The molecular weight excluding hydrogens is 264 g/mol. The molecule has 0 aliphatic heterocycles. The van der Waals surface area contributed by atoms with E-state index in [4.69, 9.17) is 11.6 Å². The summed E-state index contributed by atoms with van der Waals surface area (Å²) in [7, 11) is 0. The van der Waals surface area contributed by atoms with Crippen molar-refractivity contribution < 1.29 is 9.90 Å². The maximum Gasteiger partial charge on any atom is 0.125 e. The van der Waals surface area contributed by atoms with Crippen molar-refractivity contribution in [3.63, 3.8) is 0 Å². The lowest BCUT2D eigenvalue weighted by molar-refractivity contribution is -0.107. The minimum Gasteiger partial charge on any atom is -0.507 e. The smallest absolute Gasteiger partial charge is 0.125 e. The third kappa shape index (κ3) is 3.63. The molecule has 0 radical (unpaired) electrons. The quantitative estimate of drug-likeness (QED) is 0.689. The summed E-state index contributed by atoms with van der Waals surface area (Å²) in [6.45, 7) is 0. The van der Waals surface area contributed by atoms with Crippen LogP contribution >= 0.6 is 11.6 Å². The molecule has 0 spiro atoms. The van der Waals surface area contributed by atoms with Crippen molar-refractivity contribution in [2.45, 2.75) is 6.42 Å². The maximum atomic E-state index is 10.4. The molecule has 0 saturated heterocycles. The van der Waals surface area contributed by atoms with Gasteiger partial charge in [-0.2, -0.15) is 0 Å². The molecule has 0 unspecified atom stereocenters. The Bertz CT molecular complexity index is 627. The van der Waals surface area contributed by atoms with Crippen LogP contribution in [0.4, 0.5) is 5.69 Å². The predicted molar refractivity (Wildman–Crippen MR) is 74.4 cm³/mol. The van der Waals surface area contributed by atoms with Gasteiger partial charge in [0.15, 0.2) is 0 Å². The molecule has 1 aromatic heterocycles. The van der Waals surface area contributed by atoms with Gasteiger partial charge in [0.2, 0.25) is 0 Å². The van der Waals surface area contributed by atoms with Crippen LogP contribution in [0.25, 0.3) is 0 Å². The number of hydrogen-bond acceptors (Lipinski definition) is 4. The summed E-state index contributed by atoms with van der Waals surface area (Å²) in [5, 5.41) is 10.2. The van der Waals surface area contributed by atoms with Crippen molar-refractivity contribution in [3.8, 4) is 5.75 Å². The van der Waals surface area contributed by atoms with E-state index in [2.05, 4.69) is 9.98 Å². The van der Waals surface area contributed by atoms with Gasteiger partial charge in [0.1, 0.15) is 12.0 Å². The molecule has 19 heavy (non-hydrogen) atoms. The van der Waals surface area contributed by atoms with Gasteiger partial charge < -0.3 is 9.90 Å². The molecule has 4 nitrogen and oxygen atoms in total. The van der Waals surface area contributed by atoms with Crippen molar-refractivity contribution in [2.24, 2.45) is 4.99 Å². The average Bonchev–Trinajstić information content (AvgIpc) is 2.41. The Labute approximate surface area is 115 Å². The first kappa shape index (κ1) is 13.2. The van der Waals surface area contributed by atoms with E-state index in [1.807, 2.05) is 0 Å². The van der Waals surface area contributed by atoms with Crippen molar-refractivity contribution in [2.75, 3.05) is 0 Å². The Hall–Kier alpha value is -2.20. The minimum absolute atomic E-state index is 0.107. The SMILES string of the molecule is O=CCc1cc(N=Cc2cc(Cl)ccc2O)ccn1. The number of aromatic hydroxyl groups is 1. The number of phenols is 1. The number of halogens is 1. The van der Waals surface area contributed by atoms with Gasteiger partial charge in [-0.1, -0.05) is 11.6 Å². The Morgan fingerprint density at radius 3 is 2.95 bits per heavy atom. The Morgan fingerprint density at radius 1 is 1.32 bits per heavy atom. The van der Waals surface area contributed by atoms with E-state index in [1.54, 1.807) is 30.5 Å². The highest BCUT2D eigenvalue weighted by molar-refractivity contribution is 6.30. The van der Waals surface area contributed by atoms with Crippen molar-refractivity contribution >= 4 is 29.8 Å². The van der Waals surface area contributed by atoms with Crippen molar-refractivity contribution in [1.82, 2.24) is 4.98 Å². The van der Waals surface area contributed by atoms with Crippen LogP contribution in [0, 0.1) is 0 Å². The van der Waals surface area contributed by atoms with Gasteiger partial charge in [-0.05, 0) is 30.3 Å². The first-order chi connectivity index (χ1) is 9.19. The summed E-state index contributed by atoms with van der Waals surface area (Å²) >= 11 is 5.84. The molecule has 0 fully saturated rings. The number of phenolic OH excluding ortho intramolecular Hbond substituents is 1. The first-order valence-corrected chi connectivity index (χ1v) is 5.98. The fraction of sp³-hybridized carbons (Fsp3) is 0.0714. The molecule has 0 atom stereocenters. The highest BCUT2D eigenvalue weighted by Crippen LogP contribution is 2.21. The third-order valence-electron chi connectivity index (χ3n) is 2.43. The van der Waals surface area contributed by atoms with Crippen LogP contribution < -0.4 is 0 Å². The average molecular weight is 275 g/mol. The highest BCUT2D eigenvalue weighted by Gasteiger charge is 1.99. The molecule has 1 N–H and O–H groups in total. The molecular formula is C14H11ClN2O2. The Kier molecular flexibility index (Phi) is 4.26. The van der Waals surface area contributed by atoms with Gasteiger partial charge in [0, 0.05) is 35.1 Å². The van der Waals surface area contributed by atoms with E-state index < -0.39 is 0 Å². The monoisotopic (exact) mass is 274 g/mol. The number of hydrogen-bond donors (Lipinski definition) is 1. The normalized spacial score (nSPS) is 10.8. The Balaban J connectivity index is 2.24. The Morgan fingerprint density at radius 2 is 2.16 bits per heavy atom. The largest absolute Gasteiger partial charge is 0.507 e. The number of aliphatic imine (C=N–C) groups is 1. The van der Waals surface area contributed by atoms with Gasteiger partial charge in [-0.3, -0.25) is 9.98 Å². The van der Waals surface area contributed by atoms with Crippen LogP contribution in [-0.2, 0) is 11.2 Å². The fourth-order valence-corrected chi connectivity index (χ4v) is 1.70. The van der Waals surface area contributed by atoms with E-state index in [1.165, 1.54) is 12.3 Å². The van der Waals surface area contributed by atoms with Crippen LogP contribution in [0.2, 0.25) is 5.02 Å². The molecule has 0 amide bonds. The summed E-state index contributed by atoms with van der Waals surface area (Å²) < 4.78 is 0. The molecule has 0 bridgehead atoms. The number of carbonyl (C=O) groups is 1. The number of pyridine rings is 1. The molecule has 0 saturated carbocycles. The van der Waals surface area contributed by atoms with Gasteiger partial charge in [0.05, 0.1) is 5.69 Å². The van der Waals surface area contributed by atoms with Gasteiger partial charge >= 0.3 is 0 Å². The summed E-state index contributed by atoms with van der Waals surface area (Å²) in [5.41, 5.74) is 1.84. The molecule has 1 heterocycles. The third-order valence-corrected chi connectivity index (χ3v) is 2.67. The topological polar surface area (TPSA) is 62.5 Å². The van der Waals surface area contributed by atoms with Crippen LogP contribution in [-0.4, -0.2) is 22.6 Å². The summed E-state index contributed by atoms with van der Waals surface area (Å²) in [6.07, 6.45) is 4.15. The van der Waals surface area contributed by atoms with Gasteiger partial charge in [-0.25, -0.2) is 0 Å². The number of benzene rings is 1. The summed E-state index contributed by atoms with van der Waals surface area (Å²) in [5.74, 6) is 0.107. The molecule has 1 aromatic carbocycles. The summed E-state index contributed by atoms with van der Waals surface area (Å²) in [6, 6.07) is 8.16. The second-order valence-corrected chi connectivity index (χ2v) is 4.27. The molecule has 2 aromatic rings. The lowest BCUT2D eigenvalue weighted by atomic mass is 10.2. The summed E-state index contributed by atoms with van der Waals surface area (Å²) in [4.78, 5) is 18.7. The van der Waals surface area contributed by atoms with Gasteiger partial charge in [0.25, 0.3) is 0 Å². The molecule has 96 valence electrons. The lowest BCUT2D eigenvalue weighted by Gasteiger charge is -2.00. The first-order valence-electron chi connectivity index (χ1n) is 5.60. The van der Waals surface area contributed by atoms with Crippen molar-refractivity contribution in [1.29, 1.82) is 0 Å². The molecule has 0 aliphatic carbocycles.